The zero-order chi connectivity index (χ0) is 19.9. The third kappa shape index (κ3) is 5.33. The highest BCUT2D eigenvalue weighted by Crippen LogP contribution is 2.46. The van der Waals surface area contributed by atoms with Crippen LogP contribution in [0.5, 0.6) is 0 Å². The Balaban J connectivity index is 1.54. The molecule has 1 aromatic rings. The standard InChI is InChI=1S/C24H32O4/c1-17(18-9-5-4-6-10-18)21(25)14-13-20-19(22-15-16-23(20)28-22)11-7-2-3-8-12-24(26)27/h2,4-7,9-10,13-14,17,19-23,25H,3,8,11-12,15-16H2,1H3,(H,26,27)/b7-2-,14-13+/t17-,19-,20+,21+,22-,23+/m0/s1. The molecule has 0 aliphatic carbocycles. The number of aliphatic carboxylic acids is 1. The van der Waals surface area contributed by atoms with Crippen LogP contribution in [0.15, 0.2) is 54.6 Å². The molecule has 6 atom stereocenters. The lowest BCUT2D eigenvalue weighted by atomic mass is 9.77. The van der Waals surface area contributed by atoms with Crippen LogP contribution in [0.4, 0.5) is 0 Å². The van der Waals surface area contributed by atoms with Crippen LogP contribution in [0.25, 0.3) is 0 Å². The highest BCUT2D eigenvalue weighted by Gasteiger charge is 2.46. The number of hydrogen-bond donors (Lipinski definition) is 2. The van der Waals surface area contributed by atoms with E-state index < -0.39 is 12.1 Å². The number of aliphatic hydroxyl groups is 1. The van der Waals surface area contributed by atoms with Crippen LogP contribution in [0, 0.1) is 11.8 Å². The van der Waals surface area contributed by atoms with Crippen LogP contribution in [0.2, 0.25) is 0 Å². The Morgan fingerprint density at radius 1 is 1.21 bits per heavy atom. The lowest BCUT2D eigenvalue weighted by Crippen LogP contribution is -2.26. The van der Waals surface area contributed by atoms with Gasteiger partial charge < -0.3 is 14.9 Å². The van der Waals surface area contributed by atoms with E-state index in [2.05, 4.69) is 37.3 Å². The van der Waals surface area contributed by atoms with Crippen molar-refractivity contribution < 1.29 is 19.7 Å². The summed E-state index contributed by atoms with van der Waals surface area (Å²) in [7, 11) is 0. The molecule has 0 amide bonds. The number of hydrogen-bond acceptors (Lipinski definition) is 3. The van der Waals surface area contributed by atoms with E-state index in [-0.39, 0.29) is 18.4 Å². The molecule has 0 spiro atoms. The molecule has 28 heavy (non-hydrogen) atoms. The maximum atomic E-state index is 10.6. The van der Waals surface area contributed by atoms with Gasteiger partial charge >= 0.3 is 5.97 Å². The molecule has 4 nitrogen and oxygen atoms in total. The van der Waals surface area contributed by atoms with Crippen molar-refractivity contribution in [3.8, 4) is 0 Å². The van der Waals surface area contributed by atoms with E-state index in [0.29, 0.717) is 24.4 Å². The minimum atomic E-state index is -0.733. The van der Waals surface area contributed by atoms with Gasteiger partial charge in [-0.3, -0.25) is 4.79 Å². The van der Waals surface area contributed by atoms with Gasteiger partial charge in [0.15, 0.2) is 0 Å². The second kappa shape index (κ2) is 10.0. The monoisotopic (exact) mass is 384 g/mol. The van der Waals surface area contributed by atoms with E-state index in [4.69, 9.17) is 9.84 Å². The van der Waals surface area contributed by atoms with Crippen molar-refractivity contribution in [2.75, 3.05) is 0 Å². The fraction of sp³-hybridized carbons (Fsp3) is 0.542. The molecule has 0 aromatic heterocycles. The average molecular weight is 385 g/mol. The fourth-order valence-electron chi connectivity index (χ4n) is 4.49. The van der Waals surface area contributed by atoms with Gasteiger partial charge in [-0.15, -0.1) is 0 Å². The topological polar surface area (TPSA) is 66.8 Å². The number of carboxylic acids is 1. The first-order chi connectivity index (χ1) is 13.6. The summed E-state index contributed by atoms with van der Waals surface area (Å²) in [5.74, 6) is 0.123. The second-order valence-corrected chi connectivity index (χ2v) is 8.10. The van der Waals surface area contributed by atoms with Gasteiger partial charge in [0.1, 0.15) is 0 Å². The second-order valence-electron chi connectivity index (χ2n) is 8.10. The van der Waals surface area contributed by atoms with E-state index in [1.165, 1.54) is 0 Å². The van der Waals surface area contributed by atoms with Crippen molar-refractivity contribution in [1.29, 1.82) is 0 Å². The van der Waals surface area contributed by atoms with Gasteiger partial charge in [-0.1, -0.05) is 61.6 Å². The molecule has 2 fully saturated rings. The van der Waals surface area contributed by atoms with Gasteiger partial charge in [-0.2, -0.15) is 0 Å². The first-order valence-electron chi connectivity index (χ1n) is 10.5. The predicted octanol–water partition coefficient (Wildman–Crippen LogP) is 4.70. The third-order valence-corrected chi connectivity index (χ3v) is 6.19. The van der Waals surface area contributed by atoms with E-state index in [1.807, 2.05) is 24.3 Å². The highest BCUT2D eigenvalue weighted by molar-refractivity contribution is 5.66. The zero-order valence-corrected chi connectivity index (χ0v) is 16.6. The highest BCUT2D eigenvalue weighted by atomic mass is 16.5. The van der Waals surface area contributed by atoms with Gasteiger partial charge in [-0.25, -0.2) is 0 Å². The predicted molar refractivity (Wildman–Crippen MR) is 110 cm³/mol. The minimum Gasteiger partial charge on any atom is -0.481 e. The van der Waals surface area contributed by atoms with Crippen LogP contribution in [0.1, 0.15) is 56.9 Å². The maximum absolute atomic E-state index is 10.6. The number of aliphatic hydroxyl groups excluding tert-OH is 1. The first kappa shape index (κ1) is 20.8. The Kier molecular flexibility index (Phi) is 7.46. The average Bonchev–Trinajstić information content (AvgIpc) is 3.30. The molecular weight excluding hydrogens is 352 g/mol. The SMILES string of the molecule is C[C@@H](c1ccccc1)[C@H](O)/C=C/[C@@H]1[C@H](C/C=C\CCCC(=O)O)[C@@H]2CC[C@H]1O2. The van der Waals surface area contributed by atoms with E-state index in [1.54, 1.807) is 0 Å². The van der Waals surface area contributed by atoms with Crippen LogP contribution < -0.4 is 0 Å². The number of carboxylic acid groups (broad SMARTS) is 1. The number of fused-ring (bicyclic) bond motifs is 2. The number of allylic oxidation sites excluding steroid dienone is 2. The molecule has 2 N–H and O–H groups in total. The molecule has 152 valence electrons. The number of rotatable bonds is 10. The largest absolute Gasteiger partial charge is 0.481 e. The smallest absolute Gasteiger partial charge is 0.303 e. The molecule has 0 saturated carbocycles. The van der Waals surface area contributed by atoms with Gasteiger partial charge in [0.05, 0.1) is 18.3 Å². The molecule has 2 bridgehead atoms. The Morgan fingerprint density at radius 3 is 2.71 bits per heavy atom. The number of ether oxygens (including phenoxy) is 1. The summed E-state index contributed by atoms with van der Waals surface area (Å²) in [5.41, 5.74) is 1.14. The molecule has 1 aromatic carbocycles. The summed E-state index contributed by atoms with van der Waals surface area (Å²) in [6.45, 7) is 2.05. The van der Waals surface area contributed by atoms with E-state index in [9.17, 15) is 9.90 Å². The Bertz CT molecular complexity index is 681. The number of carbonyl (C=O) groups is 1. The molecule has 4 heteroatoms. The molecule has 0 unspecified atom stereocenters. The maximum Gasteiger partial charge on any atom is 0.303 e. The van der Waals surface area contributed by atoms with Crippen molar-refractivity contribution in [3.05, 3.63) is 60.2 Å². The quantitative estimate of drug-likeness (QED) is 0.453. The van der Waals surface area contributed by atoms with Crippen molar-refractivity contribution in [3.63, 3.8) is 0 Å². The molecular formula is C24H32O4. The molecule has 2 heterocycles. The molecule has 0 radical (unpaired) electrons. The van der Waals surface area contributed by atoms with Crippen LogP contribution >= 0.6 is 0 Å². The summed E-state index contributed by atoms with van der Waals surface area (Å²) < 4.78 is 6.14. The molecule has 2 aliphatic heterocycles. The molecule has 2 aliphatic rings. The lowest BCUT2D eigenvalue weighted by Gasteiger charge is -2.25. The van der Waals surface area contributed by atoms with Crippen LogP contribution in [-0.2, 0) is 9.53 Å². The minimum absolute atomic E-state index is 0.0598. The van der Waals surface area contributed by atoms with E-state index in [0.717, 1.165) is 31.2 Å². The normalized spacial score (nSPS) is 28.9. The summed E-state index contributed by atoms with van der Waals surface area (Å²) >= 11 is 0. The van der Waals surface area contributed by atoms with Gasteiger partial charge in [0.25, 0.3) is 0 Å². The van der Waals surface area contributed by atoms with Gasteiger partial charge in [0, 0.05) is 18.3 Å². The van der Waals surface area contributed by atoms with E-state index >= 15 is 0 Å². The van der Waals surface area contributed by atoms with Crippen molar-refractivity contribution in [2.45, 2.75) is 69.7 Å². The summed E-state index contributed by atoms with van der Waals surface area (Å²) in [6, 6.07) is 10.1. The number of benzene rings is 1. The zero-order valence-electron chi connectivity index (χ0n) is 16.6. The number of unbranched alkanes of at least 4 members (excludes halogenated alkanes) is 1. The van der Waals surface area contributed by atoms with Crippen molar-refractivity contribution >= 4 is 5.97 Å². The Morgan fingerprint density at radius 2 is 1.96 bits per heavy atom. The van der Waals surface area contributed by atoms with Gasteiger partial charge in [-0.05, 0) is 43.6 Å². The molecule has 2 saturated heterocycles. The van der Waals surface area contributed by atoms with Crippen molar-refractivity contribution in [2.24, 2.45) is 11.8 Å². The Hall–Kier alpha value is -1.91. The summed E-state index contributed by atoms with van der Waals surface area (Å²) in [5, 5.41) is 19.3. The van der Waals surface area contributed by atoms with Crippen LogP contribution in [0.3, 0.4) is 0 Å². The Labute approximate surface area is 167 Å². The van der Waals surface area contributed by atoms with Gasteiger partial charge in [0.2, 0.25) is 0 Å². The van der Waals surface area contributed by atoms with Crippen molar-refractivity contribution in [1.82, 2.24) is 0 Å². The summed E-state index contributed by atoms with van der Waals surface area (Å²) in [4.78, 5) is 10.6. The van der Waals surface area contributed by atoms with Crippen LogP contribution in [-0.4, -0.2) is 34.5 Å². The third-order valence-electron chi connectivity index (χ3n) is 6.19. The fourth-order valence-corrected chi connectivity index (χ4v) is 4.49. The summed E-state index contributed by atoms with van der Waals surface area (Å²) in [6.07, 6.45) is 13.4. The first-order valence-corrected chi connectivity index (χ1v) is 10.5. The molecule has 3 rings (SSSR count). The lowest BCUT2D eigenvalue weighted by molar-refractivity contribution is -0.137.